The number of halogens is 2. The number of hydrogen-bond acceptors (Lipinski definition) is 8. The number of rotatable bonds is 8. The molecule has 0 N–H and O–H groups in total. The highest BCUT2D eigenvalue weighted by atomic mass is 32.2. The molecule has 1 aliphatic heterocycles. The van der Waals surface area contributed by atoms with Crippen LogP contribution in [-0.2, 0) is 21.0 Å². The molecule has 0 atom stereocenters. The molecule has 12 heteroatoms. The SMILES string of the molecule is Cc1c(Oc2ccc(CCS(C)(=O)=O)c(F)c2F)ncnc1OC1CCN(C(=O)OC(C)C)CC1. The minimum Gasteiger partial charge on any atom is -0.474 e. The first-order valence-electron chi connectivity index (χ1n) is 11.2. The lowest BCUT2D eigenvalue weighted by Gasteiger charge is -2.31. The van der Waals surface area contributed by atoms with Crippen LogP contribution in [0.1, 0.15) is 37.8 Å². The van der Waals surface area contributed by atoms with Gasteiger partial charge in [-0.05, 0) is 38.8 Å². The minimum absolute atomic E-state index is 0.00451. The number of carbonyl (C=O) groups excluding carboxylic acids is 1. The van der Waals surface area contributed by atoms with Crippen molar-refractivity contribution in [2.24, 2.45) is 0 Å². The fourth-order valence-corrected chi connectivity index (χ4v) is 4.06. The van der Waals surface area contributed by atoms with E-state index in [2.05, 4.69) is 9.97 Å². The van der Waals surface area contributed by atoms with Crippen molar-refractivity contribution in [3.8, 4) is 17.5 Å². The molecule has 1 aliphatic rings. The van der Waals surface area contributed by atoms with Crippen LogP contribution < -0.4 is 9.47 Å². The molecule has 0 aliphatic carbocycles. The fraction of sp³-hybridized carbons (Fsp3) is 0.522. The van der Waals surface area contributed by atoms with Crippen molar-refractivity contribution >= 4 is 15.9 Å². The molecule has 0 saturated carbocycles. The molecule has 35 heavy (non-hydrogen) atoms. The quantitative estimate of drug-likeness (QED) is 0.524. The van der Waals surface area contributed by atoms with Crippen LogP contribution in [0, 0.1) is 18.6 Å². The van der Waals surface area contributed by atoms with Crippen molar-refractivity contribution in [3.05, 3.63) is 41.2 Å². The van der Waals surface area contributed by atoms with E-state index in [0.717, 1.165) is 6.26 Å². The second-order valence-corrected chi connectivity index (χ2v) is 10.9. The lowest BCUT2D eigenvalue weighted by atomic mass is 10.1. The highest BCUT2D eigenvalue weighted by molar-refractivity contribution is 7.90. The van der Waals surface area contributed by atoms with Gasteiger partial charge in [0.25, 0.3) is 0 Å². The molecule has 2 heterocycles. The molecular weight excluding hydrogens is 484 g/mol. The normalized spacial score (nSPS) is 14.8. The molecule has 1 aromatic heterocycles. The Kier molecular flexibility index (Phi) is 8.47. The maximum Gasteiger partial charge on any atom is 0.410 e. The first-order valence-corrected chi connectivity index (χ1v) is 13.3. The van der Waals surface area contributed by atoms with Crippen LogP contribution in [-0.4, -0.2) is 66.7 Å². The van der Waals surface area contributed by atoms with Crippen LogP contribution in [0.3, 0.4) is 0 Å². The molecule has 1 aromatic carbocycles. The third kappa shape index (κ3) is 7.23. The molecule has 1 fully saturated rings. The molecular formula is C23H29F2N3O6S. The zero-order chi connectivity index (χ0) is 25.8. The van der Waals surface area contributed by atoms with Gasteiger partial charge in [0.1, 0.15) is 22.3 Å². The van der Waals surface area contributed by atoms with Crippen molar-refractivity contribution in [1.29, 1.82) is 0 Å². The Balaban J connectivity index is 1.66. The Morgan fingerprint density at radius 2 is 1.80 bits per heavy atom. The predicted molar refractivity (Wildman–Crippen MR) is 123 cm³/mol. The Bertz CT molecular complexity index is 1170. The molecule has 192 valence electrons. The first kappa shape index (κ1) is 26.6. The number of aromatic nitrogens is 2. The molecule has 0 bridgehead atoms. The van der Waals surface area contributed by atoms with Crippen LogP contribution in [0.2, 0.25) is 0 Å². The van der Waals surface area contributed by atoms with Crippen molar-refractivity contribution < 1.29 is 36.2 Å². The van der Waals surface area contributed by atoms with Crippen molar-refractivity contribution in [3.63, 3.8) is 0 Å². The monoisotopic (exact) mass is 513 g/mol. The summed E-state index contributed by atoms with van der Waals surface area (Å²) in [6.07, 6.45) is 2.46. The van der Waals surface area contributed by atoms with Crippen LogP contribution in [0.5, 0.6) is 17.5 Å². The van der Waals surface area contributed by atoms with E-state index in [-0.39, 0.29) is 47.8 Å². The summed E-state index contributed by atoms with van der Waals surface area (Å²) in [5.41, 5.74) is 0.336. The molecule has 0 unspecified atom stereocenters. The van der Waals surface area contributed by atoms with E-state index in [1.165, 1.54) is 18.5 Å². The van der Waals surface area contributed by atoms with E-state index in [1.807, 2.05) is 0 Å². The van der Waals surface area contributed by atoms with Gasteiger partial charge in [0.15, 0.2) is 11.6 Å². The summed E-state index contributed by atoms with van der Waals surface area (Å²) >= 11 is 0. The summed E-state index contributed by atoms with van der Waals surface area (Å²) in [6, 6.07) is 2.51. The topological polar surface area (TPSA) is 108 Å². The van der Waals surface area contributed by atoms with Crippen LogP contribution in [0.4, 0.5) is 13.6 Å². The summed E-state index contributed by atoms with van der Waals surface area (Å²) in [4.78, 5) is 21.8. The Morgan fingerprint density at radius 3 is 2.43 bits per heavy atom. The van der Waals surface area contributed by atoms with Gasteiger partial charge in [-0.2, -0.15) is 4.39 Å². The maximum atomic E-state index is 14.6. The third-order valence-electron chi connectivity index (χ3n) is 5.38. The summed E-state index contributed by atoms with van der Waals surface area (Å²) in [6.45, 7) is 6.16. The van der Waals surface area contributed by atoms with Crippen molar-refractivity contribution in [1.82, 2.24) is 14.9 Å². The van der Waals surface area contributed by atoms with Gasteiger partial charge in [0.2, 0.25) is 17.6 Å². The number of hydrogen-bond donors (Lipinski definition) is 0. The number of piperidine rings is 1. The van der Waals surface area contributed by atoms with E-state index in [9.17, 15) is 22.0 Å². The molecule has 9 nitrogen and oxygen atoms in total. The van der Waals surface area contributed by atoms with E-state index in [0.29, 0.717) is 31.5 Å². The number of ether oxygens (including phenoxy) is 3. The molecule has 3 rings (SSSR count). The van der Waals surface area contributed by atoms with Crippen LogP contribution in [0.15, 0.2) is 18.5 Å². The van der Waals surface area contributed by atoms with Gasteiger partial charge in [-0.1, -0.05) is 6.07 Å². The molecule has 1 saturated heterocycles. The van der Waals surface area contributed by atoms with Gasteiger partial charge in [-0.25, -0.2) is 27.6 Å². The summed E-state index contributed by atoms with van der Waals surface area (Å²) in [5.74, 6) is -2.86. The number of carbonyl (C=O) groups is 1. The second-order valence-electron chi connectivity index (χ2n) is 8.68. The van der Waals surface area contributed by atoms with Crippen LogP contribution >= 0.6 is 0 Å². The maximum absolute atomic E-state index is 14.6. The lowest BCUT2D eigenvalue weighted by molar-refractivity contribution is 0.0505. The van der Waals surface area contributed by atoms with Crippen molar-refractivity contribution in [2.75, 3.05) is 25.1 Å². The van der Waals surface area contributed by atoms with E-state index < -0.39 is 27.2 Å². The third-order valence-corrected chi connectivity index (χ3v) is 6.33. The highest BCUT2D eigenvalue weighted by Gasteiger charge is 2.27. The van der Waals surface area contributed by atoms with Gasteiger partial charge >= 0.3 is 6.09 Å². The van der Waals surface area contributed by atoms with E-state index in [4.69, 9.17) is 14.2 Å². The highest BCUT2D eigenvalue weighted by Crippen LogP contribution is 2.32. The zero-order valence-electron chi connectivity index (χ0n) is 20.1. The van der Waals surface area contributed by atoms with E-state index >= 15 is 0 Å². The lowest BCUT2D eigenvalue weighted by Crippen LogP contribution is -2.42. The van der Waals surface area contributed by atoms with Crippen LogP contribution in [0.25, 0.3) is 0 Å². The Labute approximate surface area is 203 Å². The Hall–Kier alpha value is -3.02. The van der Waals surface area contributed by atoms with Crippen molar-refractivity contribution in [2.45, 2.75) is 52.2 Å². The fourth-order valence-electron chi connectivity index (χ4n) is 3.47. The number of likely N-dealkylation sites (tertiary alicyclic amines) is 1. The van der Waals surface area contributed by atoms with Gasteiger partial charge in [-0.3, -0.25) is 0 Å². The summed E-state index contributed by atoms with van der Waals surface area (Å²) in [7, 11) is -3.32. The predicted octanol–water partition coefficient (Wildman–Crippen LogP) is 3.83. The number of benzene rings is 1. The van der Waals surface area contributed by atoms with E-state index in [1.54, 1.807) is 25.7 Å². The molecule has 2 aromatic rings. The Morgan fingerprint density at radius 1 is 1.14 bits per heavy atom. The average Bonchev–Trinajstić information content (AvgIpc) is 2.78. The first-order chi connectivity index (χ1) is 16.4. The van der Waals surface area contributed by atoms with Gasteiger partial charge in [0, 0.05) is 32.2 Å². The largest absolute Gasteiger partial charge is 0.474 e. The van der Waals surface area contributed by atoms with Gasteiger partial charge < -0.3 is 19.1 Å². The smallest absolute Gasteiger partial charge is 0.410 e. The number of amides is 1. The molecule has 0 spiro atoms. The average molecular weight is 514 g/mol. The summed E-state index contributed by atoms with van der Waals surface area (Å²) < 4.78 is 68.4. The second kappa shape index (κ2) is 11.1. The van der Waals surface area contributed by atoms with Gasteiger partial charge in [-0.15, -0.1) is 0 Å². The number of sulfone groups is 1. The number of nitrogens with zero attached hydrogens (tertiary/aromatic N) is 3. The number of aryl methyl sites for hydroxylation is 1. The minimum atomic E-state index is -3.32. The van der Waals surface area contributed by atoms with Gasteiger partial charge in [0.05, 0.1) is 17.4 Å². The standard InChI is InChI=1S/C23H29F2N3O6S/c1-14(2)32-23(29)28-10-7-17(8-11-28)33-21-15(3)22(27-13-26-21)34-18-6-5-16(19(24)20(18)25)9-12-35(4,30)31/h5-6,13-14,17H,7-12H2,1-4H3. The molecule has 0 radical (unpaired) electrons. The zero-order valence-corrected chi connectivity index (χ0v) is 20.9. The molecule has 1 amide bonds. The summed E-state index contributed by atoms with van der Waals surface area (Å²) in [5, 5.41) is 0.